The average molecular weight is 596 g/mol. The molecule has 0 fully saturated rings. The van der Waals surface area contributed by atoms with Crippen LogP contribution in [0.2, 0.25) is 0 Å². The van der Waals surface area contributed by atoms with Crippen molar-refractivity contribution < 1.29 is 33.3 Å². The third-order valence-electron chi connectivity index (χ3n) is 6.54. The molecule has 0 atom stereocenters. The molecule has 0 aliphatic carbocycles. The summed E-state index contributed by atoms with van der Waals surface area (Å²) in [5, 5.41) is 4.00. The number of nitrogens with zero attached hydrogens (tertiary/aromatic N) is 2. The first-order valence-electron chi connectivity index (χ1n) is 13.0. The maximum Gasteiger partial charge on any atom is 0.341 e. The molecular formula is C29H29N3O7S2. The van der Waals surface area contributed by atoms with Crippen molar-refractivity contribution in [2.75, 3.05) is 31.6 Å². The molecule has 0 unspecified atom stereocenters. The Labute approximate surface area is 244 Å². The van der Waals surface area contributed by atoms with Crippen molar-refractivity contribution >= 4 is 57.0 Å². The van der Waals surface area contributed by atoms with Gasteiger partial charge in [0.05, 0.1) is 41.6 Å². The highest BCUT2D eigenvalue weighted by Crippen LogP contribution is 2.38. The number of anilines is 1. The summed E-state index contributed by atoms with van der Waals surface area (Å²) in [6.07, 6.45) is 0.461. The number of ether oxygens (including phenoxy) is 4. The zero-order valence-corrected chi connectivity index (χ0v) is 24.7. The number of methoxy groups -OCH3 is 1. The number of hydrogen-bond acceptors (Lipinski definition) is 10. The lowest BCUT2D eigenvalue weighted by Gasteiger charge is -2.09. The zero-order chi connectivity index (χ0) is 29.1. The Morgan fingerprint density at radius 3 is 2.66 bits per heavy atom. The molecule has 4 aromatic rings. The van der Waals surface area contributed by atoms with E-state index in [2.05, 4.69) is 10.3 Å². The van der Waals surface area contributed by atoms with Crippen LogP contribution in [0.4, 0.5) is 5.00 Å². The molecule has 0 spiro atoms. The minimum absolute atomic E-state index is 0.0725. The van der Waals surface area contributed by atoms with Gasteiger partial charge in [-0.3, -0.25) is 4.79 Å². The molecule has 41 heavy (non-hydrogen) atoms. The molecule has 5 rings (SSSR count). The van der Waals surface area contributed by atoms with Crippen molar-refractivity contribution in [1.29, 1.82) is 0 Å². The van der Waals surface area contributed by atoms with Gasteiger partial charge in [-0.2, -0.15) is 0 Å². The number of esters is 2. The van der Waals surface area contributed by atoms with Crippen LogP contribution in [0, 0.1) is 6.92 Å². The highest BCUT2D eigenvalue weighted by atomic mass is 32.2. The number of hydrogen-bond donors (Lipinski definition) is 1. The van der Waals surface area contributed by atoms with Crippen molar-refractivity contribution in [3.05, 3.63) is 63.5 Å². The lowest BCUT2D eigenvalue weighted by molar-refractivity contribution is -0.113. The van der Waals surface area contributed by atoms with Crippen LogP contribution in [0.5, 0.6) is 11.5 Å². The van der Waals surface area contributed by atoms with Crippen molar-refractivity contribution in [2.45, 2.75) is 38.9 Å². The smallest absolute Gasteiger partial charge is 0.341 e. The fourth-order valence-electron chi connectivity index (χ4n) is 4.61. The Balaban J connectivity index is 1.33. The third kappa shape index (κ3) is 5.89. The van der Waals surface area contributed by atoms with E-state index in [1.165, 1.54) is 30.2 Å². The van der Waals surface area contributed by atoms with E-state index < -0.39 is 11.9 Å². The highest BCUT2D eigenvalue weighted by Gasteiger charge is 2.25. The maximum atomic E-state index is 13.1. The Morgan fingerprint density at radius 2 is 1.90 bits per heavy atom. The van der Waals surface area contributed by atoms with Gasteiger partial charge in [-0.15, -0.1) is 11.3 Å². The molecule has 214 valence electrons. The Hall–Kier alpha value is -4.03. The standard InChI is InChI=1S/C29H29N3O7S2/c1-5-32-21-9-8-18(27(34)37-6-2)13-20(21)30-29(32)40-14-24(33)31-26-25(28(35)36-4)19(16(3)41-26)11-17-7-10-22-23(12-17)39-15-38-22/h7-10,12-13H,5-6,11,14-15H2,1-4H3,(H,31,33). The minimum Gasteiger partial charge on any atom is -0.465 e. The predicted molar refractivity (Wildman–Crippen MR) is 156 cm³/mol. The van der Waals surface area contributed by atoms with Crippen LogP contribution >= 0.6 is 23.1 Å². The van der Waals surface area contributed by atoms with E-state index in [-0.39, 0.29) is 25.1 Å². The molecule has 3 heterocycles. The van der Waals surface area contributed by atoms with E-state index in [9.17, 15) is 14.4 Å². The van der Waals surface area contributed by atoms with Crippen molar-refractivity contribution in [3.63, 3.8) is 0 Å². The van der Waals surface area contributed by atoms with Crippen molar-refractivity contribution in [1.82, 2.24) is 9.55 Å². The van der Waals surface area contributed by atoms with Crippen LogP contribution in [0.3, 0.4) is 0 Å². The van der Waals surface area contributed by atoms with Gasteiger partial charge in [0.1, 0.15) is 5.00 Å². The number of imidazole rings is 1. The fraction of sp³-hybridized carbons (Fsp3) is 0.310. The zero-order valence-electron chi connectivity index (χ0n) is 23.1. The first kappa shape index (κ1) is 28.5. The number of thiophene rings is 1. The number of carbonyl (C=O) groups excluding carboxylic acids is 3. The number of aromatic nitrogens is 2. The molecule has 0 saturated carbocycles. The van der Waals surface area contributed by atoms with Gasteiger partial charge in [0.2, 0.25) is 12.7 Å². The van der Waals surface area contributed by atoms with Crippen molar-refractivity contribution in [3.8, 4) is 11.5 Å². The molecule has 0 radical (unpaired) electrons. The Bertz CT molecular complexity index is 1640. The van der Waals surface area contributed by atoms with Crippen LogP contribution < -0.4 is 14.8 Å². The predicted octanol–water partition coefficient (Wildman–Crippen LogP) is 5.44. The monoisotopic (exact) mass is 595 g/mol. The van der Waals surface area contributed by atoms with Gasteiger partial charge in [0.15, 0.2) is 16.7 Å². The van der Waals surface area contributed by atoms with Gasteiger partial charge in [-0.05, 0) is 68.7 Å². The molecule has 1 N–H and O–H groups in total. The second kappa shape index (κ2) is 12.2. The van der Waals surface area contributed by atoms with Gasteiger partial charge in [0, 0.05) is 11.4 Å². The summed E-state index contributed by atoms with van der Waals surface area (Å²) in [7, 11) is 1.32. The van der Waals surface area contributed by atoms with E-state index >= 15 is 0 Å². The summed E-state index contributed by atoms with van der Waals surface area (Å²) < 4.78 is 23.1. The Kier molecular flexibility index (Phi) is 8.50. The van der Waals surface area contributed by atoms with Gasteiger partial charge in [-0.1, -0.05) is 17.8 Å². The number of aryl methyl sites for hydroxylation is 2. The summed E-state index contributed by atoms with van der Waals surface area (Å²) in [6.45, 7) is 6.77. The molecule has 2 aromatic carbocycles. The molecule has 12 heteroatoms. The van der Waals surface area contributed by atoms with Crippen LogP contribution in [-0.2, 0) is 27.2 Å². The van der Waals surface area contributed by atoms with Gasteiger partial charge >= 0.3 is 11.9 Å². The molecule has 10 nitrogen and oxygen atoms in total. The Morgan fingerprint density at radius 1 is 1.10 bits per heavy atom. The van der Waals surface area contributed by atoms with Crippen LogP contribution in [-0.4, -0.2) is 53.7 Å². The highest BCUT2D eigenvalue weighted by molar-refractivity contribution is 7.99. The second-order valence-electron chi connectivity index (χ2n) is 9.10. The number of fused-ring (bicyclic) bond motifs is 2. The van der Waals surface area contributed by atoms with Crippen LogP contribution in [0.15, 0.2) is 41.6 Å². The number of benzene rings is 2. The molecule has 2 aromatic heterocycles. The van der Waals surface area contributed by atoms with Crippen LogP contribution in [0.25, 0.3) is 11.0 Å². The van der Waals surface area contributed by atoms with Gasteiger partial charge in [-0.25, -0.2) is 14.6 Å². The SMILES string of the molecule is CCOC(=O)c1ccc2c(c1)nc(SCC(=O)Nc1sc(C)c(Cc3ccc4c(c3)OCO4)c1C(=O)OC)n2CC. The molecular weight excluding hydrogens is 566 g/mol. The van der Waals surface area contributed by atoms with E-state index in [0.717, 1.165) is 21.5 Å². The second-order valence-corrected chi connectivity index (χ2v) is 11.3. The summed E-state index contributed by atoms with van der Waals surface area (Å²) in [5.74, 6) is 0.223. The normalized spacial score (nSPS) is 12.0. The first-order chi connectivity index (χ1) is 19.8. The fourth-order valence-corrected chi connectivity index (χ4v) is 6.57. The molecule has 1 aliphatic heterocycles. The minimum atomic E-state index is -0.516. The summed E-state index contributed by atoms with van der Waals surface area (Å²) in [6, 6.07) is 10.9. The van der Waals surface area contributed by atoms with Crippen molar-refractivity contribution in [2.24, 2.45) is 0 Å². The number of amides is 1. The molecule has 1 amide bonds. The number of nitrogens with one attached hydrogen (secondary N) is 1. The van der Waals surface area contributed by atoms with E-state index in [4.69, 9.17) is 18.9 Å². The van der Waals surface area contributed by atoms with E-state index in [0.29, 0.717) is 51.3 Å². The summed E-state index contributed by atoms with van der Waals surface area (Å²) in [4.78, 5) is 43.6. The molecule has 0 saturated heterocycles. The topological polar surface area (TPSA) is 118 Å². The van der Waals surface area contributed by atoms with Gasteiger partial charge < -0.3 is 28.8 Å². The number of rotatable bonds is 10. The molecule has 0 bridgehead atoms. The largest absolute Gasteiger partial charge is 0.465 e. The summed E-state index contributed by atoms with van der Waals surface area (Å²) in [5.41, 5.74) is 4.01. The van der Waals surface area contributed by atoms with E-state index in [1.807, 2.05) is 42.7 Å². The first-order valence-corrected chi connectivity index (χ1v) is 14.8. The van der Waals surface area contributed by atoms with Gasteiger partial charge in [0.25, 0.3) is 0 Å². The van der Waals surface area contributed by atoms with Crippen LogP contribution in [0.1, 0.15) is 50.6 Å². The average Bonchev–Trinajstić information content (AvgIpc) is 3.66. The number of thioether (sulfide) groups is 1. The maximum absolute atomic E-state index is 13.1. The van der Waals surface area contributed by atoms with E-state index in [1.54, 1.807) is 19.1 Å². The lowest BCUT2D eigenvalue weighted by atomic mass is 10.0. The number of carbonyl (C=O) groups is 3. The lowest BCUT2D eigenvalue weighted by Crippen LogP contribution is -2.16. The molecule has 1 aliphatic rings. The quantitative estimate of drug-likeness (QED) is 0.189. The third-order valence-corrected chi connectivity index (χ3v) is 8.58. The summed E-state index contributed by atoms with van der Waals surface area (Å²) >= 11 is 2.62.